The summed E-state index contributed by atoms with van der Waals surface area (Å²) in [6, 6.07) is 6.71. The first-order valence-electron chi connectivity index (χ1n) is 6.40. The molecule has 21 heavy (non-hydrogen) atoms. The van der Waals surface area contributed by atoms with E-state index in [1.54, 1.807) is 24.3 Å². The number of rotatable bonds is 4. The van der Waals surface area contributed by atoms with Gasteiger partial charge in [-0.05, 0) is 45.0 Å². The van der Waals surface area contributed by atoms with Gasteiger partial charge >= 0.3 is 0 Å². The zero-order valence-corrected chi connectivity index (χ0v) is 15.5. The van der Waals surface area contributed by atoms with Crippen molar-refractivity contribution in [1.82, 2.24) is 10.6 Å². The third-order valence-corrected chi connectivity index (χ3v) is 2.54. The molecule has 0 fully saturated rings. The van der Waals surface area contributed by atoms with Gasteiger partial charge in [-0.2, -0.15) is 0 Å². The number of carbonyl (C=O) groups excluding carboxylic acids is 1. The molecular formula is C14H22ClIN4O. The molecule has 0 heterocycles. The number of nitrogens with zero attached hydrogens (tertiary/aromatic N) is 1. The predicted molar refractivity (Wildman–Crippen MR) is 98.6 cm³/mol. The molecule has 0 aliphatic carbocycles. The number of amides is 1. The summed E-state index contributed by atoms with van der Waals surface area (Å²) in [6.07, 6.45) is 0. The Morgan fingerprint density at radius 1 is 1.29 bits per heavy atom. The number of benzene rings is 1. The van der Waals surface area contributed by atoms with Crippen LogP contribution in [0.2, 0.25) is 5.02 Å². The van der Waals surface area contributed by atoms with Gasteiger partial charge in [0, 0.05) is 22.7 Å². The van der Waals surface area contributed by atoms with Gasteiger partial charge in [-0.15, -0.1) is 24.0 Å². The first-order valence-corrected chi connectivity index (χ1v) is 6.77. The minimum Gasteiger partial charge on any atom is -0.370 e. The van der Waals surface area contributed by atoms with Gasteiger partial charge < -0.3 is 16.4 Å². The number of halogens is 2. The van der Waals surface area contributed by atoms with Crippen LogP contribution < -0.4 is 16.4 Å². The van der Waals surface area contributed by atoms with Crippen molar-refractivity contribution in [3.8, 4) is 0 Å². The quantitative estimate of drug-likeness (QED) is 0.300. The Labute approximate surface area is 147 Å². The highest BCUT2D eigenvalue weighted by molar-refractivity contribution is 14.0. The molecule has 5 nitrogen and oxygen atoms in total. The van der Waals surface area contributed by atoms with Crippen molar-refractivity contribution in [2.24, 2.45) is 10.7 Å². The van der Waals surface area contributed by atoms with Crippen LogP contribution in [0.4, 0.5) is 0 Å². The Bertz CT molecular complexity index is 483. The summed E-state index contributed by atoms with van der Waals surface area (Å²) in [7, 11) is 0. The maximum absolute atomic E-state index is 11.8. The molecule has 1 aromatic rings. The zero-order valence-electron chi connectivity index (χ0n) is 12.4. The van der Waals surface area contributed by atoms with E-state index in [1.165, 1.54) is 0 Å². The SMILES string of the molecule is CC(C)(C)NC(N)=NCCNC(=O)c1ccc(Cl)cc1.I. The molecule has 7 heteroatoms. The molecule has 0 saturated heterocycles. The number of hydrogen-bond donors (Lipinski definition) is 3. The maximum atomic E-state index is 11.8. The van der Waals surface area contributed by atoms with E-state index in [1.807, 2.05) is 20.8 Å². The number of hydrogen-bond acceptors (Lipinski definition) is 2. The highest BCUT2D eigenvalue weighted by atomic mass is 127. The topological polar surface area (TPSA) is 79.5 Å². The van der Waals surface area contributed by atoms with E-state index >= 15 is 0 Å². The molecule has 118 valence electrons. The van der Waals surface area contributed by atoms with Crippen LogP contribution in [0.3, 0.4) is 0 Å². The lowest BCUT2D eigenvalue weighted by molar-refractivity contribution is 0.0955. The summed E-state index contributed by atoms with van der Waals surface area (Å²) in [5.41, 5.74) is 6.16. The highest BCUT2D eigenvalue weighted by Gasteiger charge is 2.09. The van der Waals surface area contributed by atoms with Crippen LogP contribution in [-0.4, -0.2) is 30.5 Å². The average Bonchev–Trinajstić information content (AvgIpc) is 2.33. The Morgan fingerprint density at radius 2 is 1.86 bits per heavy atom. The molecule has 1 rings (SSSR count). The number of aliphatic imine (C=N–C) groups is 1. The normalized spacial score (nSPS) is 11.5. The molecule has 4 N–H and O–H groups in total. The van der Waals surface area contributed by atoms with Gasteiger partial charge in [0.15, 0.2) is 5.96 Å². The summed E-state index contributed by atoms with van der Waals surface area (Å²) in [4.78, 5) is 15.9. The van der Waals surface area contributed by atoms with Gasteiger partial charge in [0.25, 0.3) is 5.91 Å². The maximum Gasteiger partial charge on any atom is 0.251 e. The summed E-state index contributed by atoms with van der Waals surface area (Å²) in [5, 5.41) is 6.41. The number of nitrogens with one attached hydrogen (secondary N) is 2. The fourth-order valence-electron chi connectivity index (χ4n) is 1.47. The standard InChI is InChI=1S/C14H21ClN4O.HI/c1-14(2,3)19-13(16)18-9-8-17-12(20)10-4-6-11(15)7-5-10;/h4-7H,8-9H2,1-3H3,(H,17,20)(H3,16,18,19);1H. The largest absolute Gasteiger partial charge is 0.370 e. The van der Waals surface area contributed by atoms with Crippen LogP contribution in [0.25, 0.3) is 0 Å². The van der Waals surface area contributed by atoms with Gasteiger partial charge in [-0.3, -0.25) is 9.79 Å². The van der Waals surface area contributed by atoms with Crippen LogP contribution in [-0.2, 0) is 0 Å². The molecule has 0 aliphatic heterocycles. The average molecular weight is 425 g/mol. The van der Waals surface area contributed by atoms with Crippen molar-refractivity contribution in [2.75, 3.05) is 13.1 Å². The second-order valence-electron chi connectivity index (χ2n) is 5.40. The van der Waals surface area contributed by atoms with E-state index in [9.17, 15) is 4.79 Å². The number of nitrogens with two attached hydrogens (primary N) is 1. The van der Waals surface area contributed by atoms with Gasteiger partial charge in [-0.1, -0.05) is 11.6 Å². The Hall–Kier alpha value is -1.02. The number of carbonyl (C=O) groups is 1. The molecule has 1 amide bonds. The molecule has 0 bridgehead atoms. The van der Waals surface area contributed by atoms with Crippen LogP contribution in [0.1, 0.15) is 31.1 Å². The van der Waals surface area contributed by atoms with Crippen molar-refractivity contribution in [3.63, 3.8) is 0 Å². The second kappa shape index (κ2) is 9.09. The summed E-state index contributed by atoms with van der Waals surface area (Å²) in [6.45, 7) is 6.84. The smallest absolute Gasteiger partial charge is 0.251 e. The molecule has 0 aromatic heterocycles. The minimum absolute atomic E-state index is 0. The fourth-order valence-corrected chi connectivity index (χ4v) is 1.60. The zero-order chi connectivity index (χ0) is 15.2. The van der Waals surface area contributed by atoms with E-state index in [-0.39, 0.29) is 35.4 Å². The van der Waals surface area contributed by atoms with Crippen molar-refractivity contribution in [2.45, 2.75) is 26.3 Å². The lowest BCUT2D eigenvalue weighted by Crippen LogP contribution is -2.45. The summed E-state index contributed by atoms with van der Waals surface area (Å²) < 4.78 is 0. The fraction of sp³-hybridized carbons (Fsp3) is 0.429. The van der Waals surface area contributed by atoms with Crippen LogP contribution >= 0.6 is 35.6 Å². The van der Waals surface area contributed by atoms with Gasteiger partial charge in [0.2, 0.25) is 0 Å². The molecule has 0 saturated carbocycles. The molecule has 0 aliphatic rings. The summed E-state index contributed by atoms with van der Waals surface area (Å²) in [5.74, 6) is 0.220. The predicted octanol–water partition coefficient (Wildman–Crippen LogP) is 2.39. The lowest BCUT2D eigenvalue weighted by Gasteiger charge is -2.20. The molecular weight excluding hydrogens is 403 g/mol. The van der Waals surface area contributed by atoms with Crippen LogP contribution in [0, 0.1) is 0 Å². The third-order valence-electron chi connectivity index (χ3n) is 2.29. The van der Waals surface area contributed by atoms with Crippen molar-refractivity contribution in [1.29, 1.82) is 0 Å². The Morgan fingerprint density at radius 3 is 2.38 bits per heavy atom. The first-order chi connectivity index (χ1) is 9.28. The van der Waals surface area contributed by atoms with Crippen molar-refractivity contribution < 1.29 is 4.79 Å². The van der Waals surface area contributed by atoms with E-state index in [0.717, 1.165) is 0 Å². The first kappa shape index (κ1) is 20.0. The van der Waals surface area contributed by atoms with Crippen molar-refractivity contribution >= 4 is 47.4 Å². The highest BCUT2D eigenvalue weighted by Crippen LogP contribution is 2.09. The Kier molecular flexibility index (Phi) is 8.65. The van der Waals surface area contributed by atoms with Gasteiger partial charge in [0.1, 0.15) is 0 Å². The number of guanidine groups is 1. The molecule has 0 unspecified atom stereocenters. The van der Waals surface area contributed by atoms with Crippen molar-refractivity contribution in [3.05, 3.63) is 34.9 Å². The van der Waals surface area contributed by atoms with Gasteiger partial charge in [0.05, 0.1) is 6.54 Å². The molecule has 1 aromatic carbocycles. The van der Waals surface area contributed by atoms with E-state index in [2.05, 4.69) is 15.6 Å². The lowest BCUT2D eigenvalue weighted by atomic mass is 10.1. The Balaban J connectivity index is 0.00000400. The van der Waals surface area contributed by atoms with Crippen LogP contribution in [0.5, 0.6) is 0 Å². The van der Waals surface area contributed by atoms with Gasteiger partial charge in [-0.25, -0.2) is 0 Å². The molecule has 0 spiro atoms. The van der Waals surface area contributed by atoms with E-state index < -0.39 is 0 Å². The third kappa shape index (κ3) is 8.77. The molecule has 0 atom stereocenters. The monoisotopic (exact) mass is 424 g/mol. The summed E-state index contributed by atoms with van der Waals surface area (Å²) >= 11 is 5.76. The molecule has 0 radical (unpaired) electrons. The van der Waals surface area contributed by atoms with E-state index in [4.69, 9.17) is 17.3 Å². The van der Waals surface area contributed by atoms with Crippen LogP contribution in [0.15, 0.2) is 29.3 Å². The van der Waals surface area contributed by atoms with E-state index in [0.29, 0.717) is 29.6 Å². The minimum atomic E-state index is -0.154. The second-order valence-corrected chi connectivity index (χ2v) is 5.84.